The summed E-state index contributed by atoms with van der Waals surface area (Å²) in [7, 11) is 0. The first kappa shape index (κ1) is 23.8. The average Bonchev–Trinajstić information content (AvgIpc) is 2.76. The van der Waals surface area contributed by atoms with Crippen molar-refractivity contribution in [2.45, 2.75) is 89.9 Å². The van der Waals surface area contributed by atoms with Gasteiger partial charge >= 0.3 is 0 Å². The summed E-state index contributed by atoms with van der Waals surface area (Å²) in [5.74, 6) is 0.692. The van der Waals surface area contributed by atoms with Gasteiger partial charge in [-0.25, -0.2) is 0 Å². The summed E-state index contributed by atoms with van der Waals surface area (Å²) in [4.78, 5) is 32.1. The number of piperazine rings is 1. The maximum Gasteiger partial charge on any atom is 0.235 e. The van der Waals surface area contributed by atoms with Crippen molar-refractivity contribution < 1.29 is 14.7 Å². The minimum atomic E-state index is -0.734. The number of aliphatic hydroxyl groups is 1. The summed E-state index contributed by atoms with van der Waals surface area (Å²) < 4.78 is 0. The Bertz CT molecular complexity index is 914. The first-order chi connectivity index (χ1) is 16.3. The molecule has 2 saturated heterocycles. The van der Waals surface area contributed by atoms with Crippen molar-refractivity contribution in [3.63, 3.8) is 0 Å². The lowest BCUT2D eigenvalue weighted by atomic mass is 9.54. The van der Waals surface area contributed by atoms with Crippen molar-refractivity contribution in [2.24, 2.45) is 17.3 Å². The number of nitrogens with one attached hydrogen (secondary N) is 1. The number of piperidine rings is 1. The molecule has 6 heteroatoms. The van der Waals surface area contributed by atoms with Crippen LogP contribution in [0.25, 0.3) is 0 Å². The molecule has 3 aliphatic carbocycles. The number of aliphatic hydroxyl groups excluding tert-OH is 1. The average molecular weight is 468 g/mol. The lowest BCUT2D eigenvalue weighted by Crippen LogP contribution is -2.68. The molecule has 34 heavy (non-hydrogen) atoms. The molecule has 2 heterocycles. The first-order valence-electron chi connectivity index (χ1n) is 13.4. The van der Waals surface area contributed by atoms with Crippen molar-refractivity contribution in [3.05, 3.63) is 35.5 Å². The molecular formula is C28H41N3O3. The van der Waals surface area contributed by atoms with Crippen LogP contribution in [0.15, 0.2) is 35.5 Å². The van der Waals surface area contributed by atoms with Gasteiger partial charge in [0.2, 0.25) is 11.8 Å². The van der Waals surface area contributed by atoms with Crippen molar-refractivity contribution >= 4 is 11.8 Å². The van der Waals surface area contributed by atoms with E-state index in [-0.39, 0.29) is 41.8 Å². The SMILES string of the molecule is CCCN1C(=O)CCC2(C(=O)N3CC(C)NC(C)C3)C3=CC4C/C(=C\C=C/3)CCC(O)CC4C12. The highest BCUT2D eigenvalue weighted by Gasteiger charge is 2.61. The number of hydrogen-bond donors (Lipinski definition) is 2. The van der Waals surface area contributed by atoms with Crippen LogP contribution in [0, 0.1) is 17.3 Å². The third-order valence-electron chi connectivity index (χ3n) is 8.90. The van der Waals surface area contributed by atoms with Crippen LogP contribution < -0.4 is 5.32 Å². The van der Waals surface area contributed by atoms with E-state index in [0.717, 1.165) is 31.3 Å². The maximum absolute atomic E-state index is 14.7. The van der Waals surface area contributed by atoms with E-state index in [1.165, 1.54) is 5.57 Å². The Labute approximate surface area is 204 Å². The predicted molar refractivity (Wildman–Crippen MR) is 133 cm³/mol. The molecule has 186 valence electrons. The molecule has 1 saturated carbocycles. The number of carbonyl (C=O) groups excluding carboxylic acids is 2. The highest BCUT2D eigenvalue weighted by atomic mass is 16.3. The fourth-order valence-electron chi connectivity index (χ4n) is 7.65. The van der Waals surface area contributed by atoms with Gasteiger partial charge in [-0.3, -0.25) is 9.59 Å². The second-order valence-corrected chi connectivity index (χ2v) is 11.4. The van der Waals surface area contributed by atoms with Gasteiger partial charge in [0.05, 0.1) is 17.6 Å². The van der Waals surface area contributed by atoms with E-state index in [0.29, 0.717) is 38.9 Å². The van der Waals surface area contributed by atoms with Gasteiger partial charge in [-0.1, -0.05) is 36.8 Å². The van der Waals surface area contributed by atoms with E-state index >= 15 is 0 Å². The number of nitrogens with zero attached hydrogens (tertiary/aromatic N) is 2. The zero-order valence-corrected chi connectivity index (χ0v) is 21.0. The summed E-state index contributed by atoms with van der Waals surface area (Å²) in [6.45, 7) is 8.45. The molecule has 3 fully saturated rings. The predicted octanol–water partition coefficient (Wildman–Crippen LogP) is 3.19. The van der Waals surface area contributed by atoms with E-state index in [1.54, 1.807) is 0 Å². The summed E-state index contributed by atoms with van der Waals surface area (Å²) in [6, 6.07) is 0.293. The van der Waals surface area contributed by atoms with Crippen LogP contribution in [0.4, 0.5) is 0 Å². The van der Waals surface area contributed by atoms with Crippen LogP contribution in [-0.2, 0) is 9.59 Å². The van der Waals surface area contributed by atoms with Crippen LogP contribution in [0.2, 0.25) is 0 Å². The molecule has 0 radical (unpaired) electrons. The second-order valence-electron chi connectivity index (χ2n) is 11.4. The Hall–Kier alpha value is -1.92. The third-order valence-corrected chi connectivity index (χ3v) is 8.90. The number of allylic oxidation sites excluding steroid dienone is 5. The molecule has 7 unspecified atom stereocenters. The highest BCUT2D eigenvalue weighted by Crippen LogP contribution is 2.55. The number of rotatable bonds is 3. The molecule has 2 amide bonds. The Morgan fingerprint density at radius 1 is 1.24 bits per heavy atom. The van der Waals surface area contributed by atoms with Crippen LogP contribution in [0.3, 0.4) is 0 Å². The molecule has 0 aromatic carbocycles. The monoisotopic (exact) mass is 467 g/mol. The summed E-state index contributed by atoms with van der Waals surface area (Å²) in [5.41, 5.74) is 1.73. The molecule has 0 aromatic heterocycles. The van der Waals surface area contributed by atoms with Gasteiger partial charge in [0.15, 0.2) is 0 Å². The van der Waals surface area contributed by atoms with Gasteiger partial charge in [0.1, 0.15) is 0 Å². The van der Waals surface area contributed by atoms with E-state index in [4.69, 9.17) is 0 Å². The van der Waals surface area contributed by atoms with Gasteiger partial charge in [-0.05, 0) is 69.8 Å². The maximum atomic E-state index is 14.7. The van der Waals surface area contributed by atoms with E-state index < -0.39 is 11.5 Å². The second kappa shape index (κ2) is 9.27. The van der Waals surface area contributed by atoms with Gasteiger partial charge in [-0.15, -0.1) is 0 Å². The largest absolute Gasteiger partial charge is 0.393 e. The Morgan fingerprint density at radius 3 is 2.74 bits per heavy atom. The van der Waals surface area contributed by atoms with E-state index in [9.17, 15) is 14.7 Å². The van der Waals surface area contributed by atoms with E-state index in [1.807, 2.05) is 4.90 Å². The smallest absolute Gasteiger partial charge is 0.235 e. The summed E-state index contributed by atoms with van der Waals surface area (Å²) in [6.07, 6.45) is 13.6. The molecule has 0 spiro atoms. The van der Waals surface area contributed by atoms with Crippen molar-refractivity contribution in [1.29, 1.82) is 0 Å². The minimum Gasteiger partial charge on any atom is -0.393 e. The zero-order chi connectivity index (χ0) is 24.0. The first-order valence-corrected chi connectivity index (χ1v) is 13.4. The molecule has 3 bridgehead atoms. The fraction of sp³-hybridized carbons (Fsp3) is 0.714. The number of hydrogen-bond acceptors (Lipinski definition) is 4. The normalized spacial score (nSPS) is 42.4. The molecule has 5 aliphatic rings. The van der Waals surface area contributed by atoms with Crippen LogP contribution in [0.5, 0.6) is 0 Å². The molecule has 2 N–H and O–H groups in total. The zero-order valence-electron chi connectivity index (χ0n) is 21.0. The number of fused-ring (bicyclic) bond motifs is 4. The van der Waals surface area contributed by atoms with Crippen molar-refractivity contribution in [2.75, 3.05) is 19.6 Å². The fourth-order valence-corrected chi connectivity index (χ4v) is 7.65. The van der Waals surface area contributed by atoms with Gasteiger partial charge < -0.3 is 20.2 Å². The van der Waals surface area contributed by atoms with E-state index in [2.05, 4.69) is 55.3 Å². The minimum absolute atomic E-state index is 0.0893. The lowest BCUT2D eigenvalue weighted by Gasteiger charge is -2.58. The lowest BCUT2D eigenvalue weighted by molar-refractivity contribution is -0.162. The van der Waals surface area contributed by atoms with Crippen LogP contribution in [-0.4, -0.2) is 70.6 Å². The molecule has 5 rings (SSSR count). The Balaban J connectivity index is 1.67. The number of amides is 2. The quantitative estimate of drug-likeness (QED) is 0.669. The Kier molecular flexibility index (Phi) is 6.49. The topological polar surface area (TPSA) is 72.9 Å². The van der Waals surface area contributed by atoms with Crippen LogP contribution in [0.1, 0.15) is 65.7 Å². The van der Waals surface area contributed by atoms with Gasteiger partial charge in [0, 0.05) is 38.1 Å². The molecule has 6 nitrogen and oxygen atoms in total. The standard InChI is InChI=1S/C28H41N3O3/c1-4-12-31-25(33)10-11-28(27(34)30-16-18(2)29-19(3)17-30)22-7-5-6-20-8-9-23(32)15-24(26(28)31)21(13-20)14-22/h5-7,14,18-19,21,23-24,26,29,32H,4,8-13,15-17H2,1-3H3/b7-5-,20-6-. The molecular weight excluding hydrogens is 426 g/mol. The molecule has 7 atom stereocenters. The molecule has 0 aromatic rings. The third kappa shape index (κ3) is 3.97. The summed E-state index contributed by atoms with van der Waals surface area (Å²) >= 11 is 0. The van der Waals surface area contributed by atoms with Gasteiger partial charge in [0.25, 0.3) is 0 Å². The van der Waals surface area contributed by atoms with Gasteiger partial charge in [-0.2, -0.15) is 0 Å². The summed E-state index contributed by atoms with van der Waals surface area (Å²) in [5, 5.41) is 14.5. The number of carbonyl (C=O) groups is 2. The van der Waals surface area contributed by atoms with Crippen LogP contribution >= 0.6 is 0 Å². The Morgan fingerprint density at radius 2 is 2.00 bits per heavy atom. The highest BCUT2D eigenvalue weighted by molar-refractivity contribution is 5.92. The number of likely N-dealkylation sites (tertiary alicyclic amines) is 1. The molecule has 2 aliphatic heterocycles. The van der Waals surface area contributed by atoms with Crippen molar-refractivity contribution in [3.8, 4) is 0 Å². The van der Waals surface area contributed by atoms with Crippen molar-refractivity contribution in [1.82, 2.24) is 15.1 Å².